The van der Waals surface area contributed by atoms with Gasteiger partial charge in [-0.3, -0.25) is 0 Å². The molecule has 0 unspecified atom stereocenters. The first-order chi connectivity index (χ1) is 4.72. The van der Waals surface area contributed by atoms with Gasteiger partial charge < -0.3 is 15.3 Å². The minimum atomic E-state index is -0.464. The third kappa shape index (κ3) is 1.13. The molecule has 0 spiro atoms. The van der Waals surface area contributed by atoms with E-state index in [0.717, 1.165) is 0 Å². The molecule has 0 heterocycles. The highest BCUT2D eigenvalue weighted by Crippen LogP contribution is 2.12. The molecule has 0 atom stereocenters. The van der Waals surface area contributed by atoms with Crippen LogP contribution in [0, 0.1) is 0 Å². The lowest BCUT2D eigenvalue weighted by molar-refractivity contribution is 0.291. The van der Waals surface area contributed by atoms with E-state index in [4.69, 9.17) is 15.3 Å². The van der Waals surface area contributed by atoms with Crippen molar-refractivity contribution in [2.45, 2.75) is 6.42 Å². The van der Waals surface area contributed by atoms with Crippen LogP contribution in [-0.4, -0.2) is 15.3 Å². The molecule has 0 fully saturated rings. The molecule has 0 saturated carbocycles. The molecule has 1 aliphatic rings. The van der Waals surface area contributed by atoms with E-state index in [-0.39, 0.29) is 11.5 Å². The van der Waals surface area contributed by atoms with Crippen molar-refractivity contribution in [1.82, 2.24) is 0 Å². The minimum Gasteiger partial charge on any atom is -0.504 e. The molecule has 0 bridgehead atoms. The fraction of sp³-hybridized carbons (Fsp3) is 0.143. The Hall–Kier alpha value is -1.38. The van der Waals surface area contributed by atoms with Crippen LogP contribution in [0.4, 0.5) is 0 Å². The average Bonchev–Trinajstić information content (AvgIpc) is 2.04. The normalized spacial score (nSPS) is 18.6. The summed E-state index contributed by atoms with van der Waals surface area (Å²) < 4.78 is 0. The van der Waals surface area contributed by atoms with Crippen molar-refractivity contribution in [2.24, 2.45) is 0 Å². The molecular formula is C7H8O3. The molecule has 54 valence electrons. The Morgan fingerprint density at radius 2 is 1.90 bits per heavy atom. The van der Waals surface area contributed by atoms with Gasteiger partial charge in [0.05, 0.1) is 0 Å². The molecule has 3 heteroatoms. The Balaban J connectivity index is 3.02. The second-order valence-electron chi connectivity index (χ2n) is 1.96. The summed E-state index contributed by atoms with van der Waals surface area (Å²) in [5.74, 6) is -1.04. The molecule has 1 aliphatic carbocycles. The fourth-order valence-corrected chi connectivity index (χ4v) is 0.666. The van der Waals surface area contributed by atoms with Crippen LogP contribution >= 0.6 is 0 Å². The SMILES string of the molecule is OC1=CCC=CC(O)=C1O. The third-order valence-electron chi connectivity index (χ3n) is 1.21. The quantitative estimate of drug-likeness (QED) is 0.480. The predicted molar refractivity (Wildman–Crippen MR) is 36.8 cm³/mol. The summed E-state index contributed by atoms with van der Waals surface area (Å²) in [6, 6.07) is 0. The van der Waals surface area contributed by atoms with Crippen LogP contribution in [0.1, 0.15) is 6.42 Å². The molecule has 0 saturated heterocycles. The zero-order valence-electron chi connectivity index (χ0n) is 5.28. The van der Waals surface area contributed by atoms with Gasteiger partial charge in [0, 0.05) is 0 Å². The van der Waals surface area contributed by atoms with Crippen molar-refractivity contribution >= 4 is 0 Å². The first-order valence-electron chi connectivity index (χ1n) is 2.90. The maximum absolute atomic E-state index is 8.89. The summed E-state index contributed by atoms with van der Waals surface area (Å²) in [7, 11) is 0. The third-order valence-corrected chi connectivity index (χ3v) is 1.21. The maximum Gasteiger partial charge on any atom is 0.199 e. The smallest absolute Gasteiger partial charge is 0.199 e. The summed E-state index contributed by atoms with van der Waals surface area (Å²) in [6.45, 7) is 0. The van der Waals surface area contributed by atoms with E-state index < -0.39 is 5.76 Å². The lowest BCUT2D eigenvalue weighted by Crippen LogP contribution is -1.90. The van der Waals surface area contributed by atoms with Crippen LogP contribution in [0.3, 0.4) is 0 Å². The number of hydrogen-bond donors (Lipinski definition) is 3. The zero-order chi connectivity index (χ0) is 7.56. The Morgan fingerprint density at radius 1 is 1.20 bits per heavy atom. The largest absolute Gasteiger partial charge is 0.504 e. The van der Waals surface area contributed by atoms with E-state index in [1.54, 1.807) is 6.08 Å². The first-order valence-corrected chi connectivity index (χ1v) is 2.90. The second-order valence-corrected chi connectivity index (χ2v) is 1.96. The molecule has 1 rings (SSSR count). The summed E-state index contributed by atoms with van der Waals surface area (Å²) in [5.41, 5.74) is 0. The van der Waals surface area contributed by atoms with Crippen LogP contribution in [0.15, 0.2) is 35.5 Å². The van der Waals surface area contributed by atoms with Gasteiger partial charge in [0.2, 0.25) is 0 Å². The fourth-order valence-electron chi connectivity index (χ4n) is 0.666. The summed E-state index contributed by atoms with van der Waals surface area (Å²) >= 11 is 0. The molecule has 0 amide bonds. The van der Waals surface area contributed by atoms with Gasteiger partial charge in [-0.05, 0) is 18.6 Å². The van der Waals surface area contributed by atoms with Crippen molar-refractivity contribution in [1.29, 1.82) is 0 Å². The van der Waals surface area contributed by atoms with Gasteiger partial charge >= 0.3 is 0 Å². The summed E-state index contributed by atoms with van der Waals surface area (Å²) in [6.07, 6.45) is 4.90. The van der Waals surface area contributed by atoms with Gasteiger partial charge in [-0.15, -0.1) is 0 Å². The number of rotatable bonds is 0. The lowest BCUT2D eigenvalue weighted by Gasteiger charge is -1.96. The van der Waals surface area contributed by atoms with Crippen LogP contribution in [0.5, 0.6) is 0 Å². The molecule has 0 radical (unpaired) electrons. The van der Waals surface area contributed by atoms with Gasteiger partial charge in [-0.25, -0.2) is 0 Å². The zero-order valence-corrected chi connectivity index (χ0v) is 5.28. The summed E-state index contributed by atoms with van der Waals surface area (Å²) in [4.78, 5) is 0. The van der Waals surface area contributed by atoms with Crippen LogP contribution in [0.25, 0.3) is 0 Å². The van der Waals surface area contributed by atoms with E-state index in [1.165, 1.54) is 12.2 Å². The minimum absolute atomic E-state index is 0.275. The van der Waals surface area contributed by atoms with Gasteiger partial charge in [0.25, 0.3) is 0 Å². The standard InChI is InChI=1S/C7H8O3/c8-5-3-1-2-4-6(9)7(5)10/h1,3-4,8-10H,2H2. The topological polar surface area (TPSA) is 60.7 Å². The maximum atomic E-state index is 8.89. The predicted octanol–water partition coefficient (Wildman–Crippen LogP) is 1.72. The Morgan fingerprint density at radius 3 is 2.60 bits per heavy atom. The number of aliphatic hydroxyl groups is 3. The van der Waals surface area contributed by atoms with E-state index in [9.17, 15) is 0 Å². The van der Waals surface area contributed by atoms with Crippen molar-refractivity contribution in [3.8, 4) is 0 Å². The van der Waals surface area contributed by atoms with Crippen LogP contribution in [0.2, 0.25) is 0 Å². The van der Waals surface area contributed by atoms with Crippen molar-refractivity contribution in [3.63, 3.8) is 0 Å². The van der Waals surface area contributed by atoms with Crippen molar-refractivity contribution in [2.75, 3.05) is 0 Å². The van der Waals surface area contributed by atoms with Gasteiger partial charge in [-0.1, -0.05) is 6.08 Å². The lowest BCUT2D eigenvalue weighted by atomic mass is 10.3. The molecule has 3 N–H and O–H groups in total. The highest BCUT2D eigenvalue weighted by Gasteiger charge is 2.06. The molecule has 10 heavy (non-hydrogen) atoms. The Kier molecular flexibility index (Phi) is 1.67. The molecular weight excluding hydrogens is 132 g/mol. The number of aliphatic hydroxyl groups excluding tert-OH is 3. The molecule has 0 aromatic carbocycles. The summed E-state index contributed by atoms with van der Waals surface area (Å²) in [5, 5.41) is 26.6. The molecule has 0 aliphatic heterocycles. The Bertz CT molecular complexity index is 223. The van der Waals surface area contributed by atoms with E-state index in [1.807, 2.05) is 0 Å². The average molecular weight is 140 g/mol. The molecule has 3 nitrogen and oxygen atoms in total. The van der Waals surface area contributed by atoms with Crippen molar-refractivity contribution in [3.05, 3.63) is 35.5 Å². The van der Waals surface area contributed by atoms with Gasteiger partial charge in [0.15, 0.2) is 17.3 Å². The highest BCUT2D eigenvalue weighted by molar-refractivity contribution is 5.30. The number of allylic oxidation sites excluding steroid dienone is 3. The van der Waals surface area contributed by atoms with Gasteiger partial charge in [-0.2, -0.15) is 0 Å². The van der Waals surface area contributed by atoms with E-state index in [0.29, 0.717) is 6.42 Å². The molecule has 0 aromatic rings. The molecule has 0 aromatic heterocycles. The van der Waals surface area contributed by atoms with Crippen LogP contribution < -0.4 is 0 Å². The van der Waals surface area contributed by atoms with Crippen LogP contribution in [-0.2, 0) is 0 Å². The van der Waals surface area contributed by atoms with Crippen molar-refractivity contribution < 1.29 is 15.3 Å². The number of hydrogen-bond acceptors (Lipinski definition) is 3. The van der Waals surface area contributed by atoms with E-state index >= 15 is 0 Å². The monoisotopic (exact) mass is 140 g/mol. The van der Waals surface area contributed by atoms with Gasteiger partial charge in [0.1, 0.15) is 0 Å². The highest BCUT2D eigenvalue weighted by atomic mass is 16.3. The second kappa shape index (κ2) is 2.47. The van der Waals surface area contributed by atoms with E-state index in [2.05, 4.69) is 0 Å². The first kappa shape index (κ1) is 6.74. The Labute approximate surface area is 58.2 Å².